The van der Waals surface area contributed by atoms with E-state index in [9.17, 15) is 14.7 Å². The Kier molecular flexibility index (Phi) is 15.4. The number of hydrogen-bond acceptors (Lipinski definition) is 6. The topological polar surface area (TPSA) is 99.7 Å². The molecule has 174 valence electrons. The van der Waals surface area contributed by atoms with Crippen LogP contribution in [0.25, 0.3) is 0 Å². The van der Waals surface area contributed by atoms with E-state index >= 15 is 0 Å². The Balaban J connectivity index is 4.69. The molecule has 3 atom stereocenters. The number of carbonyl (C=O) groups is 2. The maximum Gasteiger partial charge on any atom is 0.407 e. The molecular weight excluding hydrogens is 402 g/mol. The zero-order valence-electron chi connectivity index (χ0n) is 19.4. The predicted octanol–water partition coefficient (Wildman–Crippen LogP) is 3.21. The van der Waals surface area contributed by atoms with Crippen molar-refractivity contribution in [1.82, 2.24) is 16.0 Å². The van der Waals surface area contributed by atoms with E-state index in [0.29, 0.717) is 19.4 Å². The van der Waals surface area contributed by atoms with E-state index in [1.54, 1.807) is 24.0 Å². The van der Waals surface area contributed by atoms with E-state index in [1.165, 1.54) is 0 Å². The average molecular weight is 444 g/mol. The van der Waals surface area contributed by atoms with Gasteiger partial charge in [0.05, 0.1) is 12.6 Å². The molecule has 0 aliphatic carbocycles. The summed E-state index contributed by atoms with van der Waals surface area (Å²) in [5.74, 6) is 0.822. The van der Waals surface area contributed by atoms with Crippen LogP contribution in [0, 0.1) is 5.41 Å². The molecule has 0 heterocycles. The zero-order chi connectivity index (χ0) is 23.0. The van der Waals surface area contributed by atoms with Gasteiger partial charge < -0.3 is 25.8 Å². The molecule has 0 aromatic heterocycles. The van der Waals surface area contributed by atoms with Gasteiger partial charge in [0.15, 0.2) is 0 Å². The van der Waals surface area contributed by atoms with Gasteiger partial charge in [-0.1, -0.05) is 39.0 Å². The van der Waals surface area contributed by atoms with E-state index < -0.39 is 12.1 Å². The third-order valence-corrected chi connectivity index (χ3v) is 5.00. The van der Waals surface area contributed by atoms with Gasteiger partial charge in [-0.2, -0.15) is 11.8 Å². The van der Waals surface area contributed by atoms with E-state index in [4.69, 9.17) is 4.74 Å². The minimum absolute atomic E-state index is 0.0426. The van der Waals surface area contributed by atoms with Crippen molar-refractivity contribution in [2.24, 2.45) is 5.41 Å². The summed E-state index contributed by atoms with van der Waals surface area (Å²) in [6.07, 6.45) is 10.6. The second kappa shape index (κ2) is 16.2. The minimum atomic E-state index is -0.452. The molecule has 0 rings (SSSR count). The van der Waals surface area contributed by atoms with Crippen LogP contribution in [0.2, 0.25) is 0 Å². The van der Waals surface area contributed by atoms with Gasteiger partial charge in [-0.05, 0) is 43.9 Å². The monoisotopic (exact) mass is 443 g/mol. The first-order valence-corrected chi connectivity index (χ1v) is 11.9. The van der Waals surface area contributed by atoms with Crippen LogP contribution in [0.1, 0.15) is 53.9 Å². The number of rotatable bonds is 14. The minimum Gasteiger partial charge on any atom is -0.446 e. The Hall–Kier alpha value is -1.51. The lowest BCUT2D eigenvalue weighted by Crippen LogP contribution is -2.54. The van der Waals surface area contributed by atoms with E-state index in [0.717, 1.165) is 12.2 Å². The third-order valence-electron chi connectivity index (χ3n) is 4.30. The molecule has 7 nitrogen and oxygen atoms in total. The Morgan fingerprint density at radius 2 is 1.87 bits per heavy atom. The Morgan fingerprint density at radius 3 is 2.43 bits per heavy atom. The average Bonchev–Trinajstić information content (AvgIpc) is 2.69. The maximum atomic E-state index is 12.6. The lowest BCUT2D eigenvalue weighted by Gasteiger charge is -2.32. The predicted molar refractivity (Wildman–Crippen MR) is 126 cm³/mol. The highest BCUT2D eigenvalue weighted by Gasteiger charge is 2.31. The van der Waals surface area contributed by atoms with Crippen molar-refractivity contribution in [2.45, 2.75) is 72.1 Å². The summed E-state index contributed by atoms with van der Waals surface area (Å²) in [6, 6.07) is -0.636. The van der Waals surface area contributed by atoms with Crippen molar-refractivity contribution in [2.75, 3.05) is 25.2 Å². The van der Waals surface area contributed by atoms with Crippen LogP contribution in [0.3, 0.4) is 0 Å². The first-order chi connectivity index (χ1) is 14.1. The largest absolute Gasteiger partial charge is 0.446 e. The van der Waals surface area contributed by atoms with Crippen LogP contribution in [0.5, 0.6) is 0 Å². The normalized spacial score (nSPS) is 15.2. The van der Waals surface area contributed by atoms with Crippen LogP contribution < -0.4 is 16.0 Å². The molecule has 0 aliphatic heterocycles. The maximum absolute atomic E-state index is 12.6. The number of carbonyl (C=O) groups excluding carboxylic acids is 2. The molecule has 2 amide bonds. The molecule has 0 aromatic carbocycles. The first-order valence-electron chi connectivity index (χ1n) is 10.5. The van der Waals surface area contributed by atoms with Gasteiger partial charge >= 0.3 is 6.09 Å². The van der Waals surface area contributed by atoms with Crippen molar-refractivity contribution >= 4 is 23.8 Å². The molecule has 30 heavy (non-hydrogen) atoms. The fourth-order valence-corrected chi connectivity index (χ4v) is 3.01. The van der Waals surface area contributed by atoms with Crippen molar-refractivity contribution in [3.8, 4) is 0 Å². The highest BCUT2D eigenvalue weighted by atomic mass is 32.2. The van der Waals surface area contributed by atoms with Gasteiger partial charge in [-0.15, -0.1) is 0 Å². The molecule has 4 N–H and O–H groups in total. The van der Waals surface area contributed by atoms with Crippen LogP contribution in [0.15, 0.2) is 24.4 Å². The standard InChI is InChI=1S/C22H41N3O4S/c1-7-8-11-18(29-21(28)24-14-10-15-30-6)12-9-13-23-20(27)19(22(3,4)5)25-17(2)16-26/h7-9,13,17-19,25-26H,10-12,14-16H2,1-6H3,(H,23,27)(H,24,28)/b8-7-,13-9-/t17?,18-,19+/m0/s1. The van der Waals surface area contributed by atoms with Crippen molar-refractivity contribution in [3.63, 3.8) is 0 Å². The second-order valence-corrected chi connectivity index (χ2v) is 9.29. The molecular formula is C22H41N3O4S. The van der Waals surface area contributed by atoms with Crippen molar-refractivity contribution < 1.29 is 19.4 Å². The molecule has 0 aromatic rings. The summed E-state index contributed by atoms with van der Waals surface area (Å²) in [4.78, 5) is 24.6. The van der Waals surface area contributed by atoms with E-state index in [2.05, 4.69) is 16.0 Å². The van der Waals surface area contributed by atoms with E-state index in [-0.39, 0.29) is 30.1 Å². The van der Waals surface area contributed by atoms with Crippen LogP contribution >= 0.6 is 11.8 Å². The van der Waals surface area contributed by atoms with Gasteiger partial charge in [0.25, 0.3) is 0 Å². The third kappa shape index (κ3) is 13.7. The number of amides is 2. The van der Waals surface area contributed by atoms with Crippen LogP contribution in [-0.4, -0.2) is 60.5 Å². The van der Waals surface area contributed by atoms with Gasteiger partial charge in [0.2, 0.25) is 5.91 Å². The molecule has 0 radical (unpaired) electrons. The van der Waals surface area contributed by atoms with Crippen molar-refractivity contribution in [3.05, 3.63) is 24.4 Å². The number of hydrogen-bond donors (Lipinski definition) is 4. The SMILES string of the molecule is C/C=C\C[C@@H](C/C=C\NC(=O)[C@@H](NC(C)CO)C(C)(C)C)OC(=O)NCCCSC. The van der Waals surface area contributed by atoms with Crippen LogP contribution in [0.4, 0.5) is 4.79 Å². The van der Waals surface area contributed by atoms with Gasteiger partial charge in [0.1, 0.15) is 6.10 Å². The highest BCUT2D eigenvalue weighted by molar-refractivity contribution is 7.98. The lowest BCUT2D eigenvalue weighted by molar-refractivity contribution is -0.125. The number of nitrogens with one attached hydrogen (secondary N) is 3. The first kappa shape index (κ1) is 28.5. The molecule has 0 bridgehead atoms. The van der Waals surface area contributed by atoms with E-state index in [1.807, 2.05) is 53.0 Å². The zero-order valence-corrected chi connectivity index (χ0v) is 20.2. The molecule has 8 heteroatoms. The number of alkyl carbamates (subject to hydrolysis) is 1. The Bertz CT molecular complexity index is 547. The summed E-state index contributed by atoms with van der Waals surface area (Å²) in [7, 11) is 0. The number of aliphatic hydroxyl groups excluding tert-OH is 1. The highest BCUT2D eigenvalue weighted by Crippen LogP contribution is 2.20. The smallest absolute Gasteiger partial charge is 0.407 e. The van der Waals surface area contributed by atoms with Gasteiger partial charge in [-0.3, -0.25) is 4.79 Å². The number of ether oxygens (including phenoxy) is 1. The summed E-state index contributed by atoms with van der Waals surface area (Å²) < 4.78 is 5.50. The molecule has 0 spiro atoms. The molecule has 0 aliphatic rings. The summed E-state index contributed by atoms with van der Waals surface area (Å²) in [5.41, 5.74) is -0.312. The number of thioether (sulfide) groups is 1. The summed E-state index contributed by atoms with van der Waals surface area (Å²) in [6.45, 7) is 10.2. The molecule has 0 saturated carbocycles. The fraction of sp³-hybridized carbons (Fsp3) is 0.727. The summed E-state index contributed by atoms with van der Waals surface area (Å²) in [5, 5.41) is 18.0. The number of allylic oxidation sites excluding steroid dienone is 1. The van der Waals surface area contributed by atoms with Crippen molar-refractivity contribution in [1.29, 1.82) is 0 Å². The number of aliphatic hydroxyl groups is 1. The lowest BCUT2D eigenvalue weighted by atomic mass is 9.85. The molecule has 1 unspecified atom stereocenters. The molecule has 0 fully saturated rings. The Morgan fingerprint density at radius 1 is 1.20 bits per heavy atom. The van der Waals surface area contributed by atoms with Gasteiger partial charge in [-0.25, -0.2) is 4.79 Å². The summed E-state index contributed by atoms with van der Waals surface area (Å²) >= 11 is 1.74. The van der Waals surface area contributed by atoms with Crippen LogP contribution in [-0.2, 0) is 9.53 Å². The second-order valence-electron chi connectivity index (χ2n) is 8.30. The van der Waals surface area contributed by atoms with Gasteiger partial charge in [0, 0.05) is 25.4 Å². The molecule has 0 saturated heterocycles. The quantitative estimate of drug-likeness (QED) is 0.243. The fourth-order valence-electron chi connectivity index (χ4n) is 2.58. The Labute approximate surface area is 186 Å².